The van der Waals surface area contributed by atoms with E-state index in [9.17, 15) is 0 Å². The third kappa shape index (κ3) is 16.5. The lowest BCUT2D eigenvalue weighted by Crippen LogP contribution is -2.21. The molecule has 1 heteroatoms. The number of allylic oxidation sites excluding steroid dienone is 22. The fourth-order valence-corrected chi connectivity index (χ4v) is 4.91. The second-order valence-corrected chi connectivity index (χ2v) is 13.2. The molecule has 0 amide bonds. The van der Waals surface area contributed by atoms with Crippen LogP contribution in [0.4, 0.5) is 0 Å². The van der Waals surface area contributed by atoms with Crippen LogP contribution in [-0.2, 0) is 4.74 Å². The lowest BCUT2D eigenvalue weighted by atomic mass is 9.72. The molecular formula is C41H60O. The minimum absolute atomic E-state index is 0.0320. The molecule has 230 valence electrons. The Hall–Kier alpha value is -2.90. The van der Waals surface area contributed by atoms with E-state index < -0.39 is 0 Å². The molecule has 0 saturated heterocycles. The Kier molecular flexibility index (Phi) is 17.1. The van der Waals surface area contributed by atoms with E-state index in [1.54, 1.807) is 12.7 Å². The number of methoxy groups -OCH3 is 1. The van der Waals surface area contributed by atoms with Crippen molar-refractivity contribution >= 4 is 0 Å². The van der Waals surface area contributed by atoms with Gasteiger partial charge in [0, 0.05) is 7.11 Å². The summed E-state index contributed by atoms with van der Waals surface area (Å²) in [5.41, 5.74) is 9.65. The minimum atomic E-state index is -0.0320. The standard InChI is InChI=1S/C41H60O/c1-33(21-14-23-35(3)24-15-25-36(4)27-17-32-41(9,10)42-11)19-12-13-20-34(2)22-16-26-37(5)29-30-39-38(6)28-18-31-40(39,7)8/h12-16,19-26,29-30H,17-18,27-28,31-32H2,1-11H3/b13-12+,21-14+,22-16+,24-15+,30-29+,33-19+,34-20+,35-23+,36-25+,37-26+. The zero-order valence-electron chi connectivity index (χ0n) is 28.8. The summed E-state index contributed by atoms with van der Waals surface area (Å²) in [6, 6.07) is 0. The van der Waals surface area contributed by atoms with Crippen molar-refractivity contribution < 1.29 is 4.74 Å². The van der Waals surface area contributed by atoms with Gasteiger partial charge in [-0.1, -0.05) is 138 Å². The maximum absolute atomic E-state index is 5.50. The van der Waals surface area contributed by atoms with Gasteiger partial charge in [0.25, 0.3) is 0 Å². The average Bonchev–Trinajstić information content (AvgIpc) is 2.90. The van der Waals surface area contributed by atoms with Gasteiger partial charge in [-0.25, -0.2) is 0 Å². The van der Waals surface area contributed by atoms with Crippen LogP contribution in [0.5, 0.6) is 0 Å². The van der Waals surface area contributed by atoms with Gasteiger partial charge < -0.3 is 4.74 Å². The van der Waals surface area contributed by atoms with Crippen molar-refractivity contribution in [2.75, 3.05) is 7.11 Å². The van der Waals surface area contributed by atoms with Crippen LogP contribution in [0.1, 0.15) is 108 Å². The van der Waals surface area contributed by atoms with E-state index in [1.165, 1.54) is 52.7 Å². The Morgan fingerprint density at radius 2 is 1.21 bits per heavy atom. The van der Waals surface area contributed by atoms with Gasteiger partial charge in [-0.2, -0.15) is 0 Å². The molecule has 0 N–H and O–H groups in total. The highest BCUT2D eigenvalue weighted by molar-refractivity contribution is 5.37. The van der Waals surface area contributed by atoms with Gasteiger partial charge >= 0.3 is 0 Å². The molecule has 0 aromatic heterocycles. The van der Waals surface area contributed by atoms with E-state index in [1.807, 2.05) is 0 Å². The predicted molar refractivity (Wildman–Crippen MR) is 190 cm³/mol. The van der Waals surface area contributed by atoms with Crippen molar-refractivity contribution in [2.24, 2.45) is 5.41 Å². The van der Waals surface area contributed by atoms with Gasteiger partial charge in [0.15, 0.2) is 0 Å². The highest BCUT2D eigenvalue weighted by Gasteiger charge is 2.26. The maximum atomic E-state index is 5.50. The van der Waals surface area contributed by atoms with Gasteiger partial charge in [0.1, 0.15) is 0 Å². The Morgan fingerprint density at radius 3 is 1.71 bits per heavy atom. The molecule has 1 nitrogen and oxygen atoms in total. The van der Waals surface area contributed by atoms with Crippen LogP contribution in [0.15, 0.2) is 130 Å². The van der Waals surface area contributed by atoms with E-state index in [2.05, 4.69) is 160 Å². The van der Waals surface area contributed by atoms with Crippen molar-refractivity contribution in [1.82, 2.24) is 0 Å². The van der Waals surface area contributed by atoms with Gasteiger partial charge in [-0.15, -0.1) is 0 Å². The van der Waals surface area contributed by atoms with Crippen molar-refractivity contribution in [1.29, 1.82) is 0 Å². The summed E-state index contributed by atoms with van der Waals surface area (Å²) in [4.78, 5) is 0. The first kappa shape index (κ1) is 37.1. The molecule has 42 heavy (non-hydrogen) atoms. The molecule has 0 aromatic carbocycles. The van der Waals surface area contributed by atoms with E-state index in [0.29, 0.717) is 0 Å². The molecule has 0 aromatic rings. The predicted octanol–water partition coefficient (Wildman–Crippen LogP) is 12.6. The van der Waals surface area contributed by atoms with Crippen LogP contribution in [0.2, 0.25) is 0 Å². The summed E-state index contributed by atoms with van der Waals surface area (Å²) >= 11 is 0. The molecular weight excluding hydrogens is 508 g/mol. The molecule has 0 saturated carbocycles. The van der Waals surface area contributed by atoms with Crippen molar-refractivity contribution in [3.05, 3.63) is 130 Å². The Balaban J connectivity index is 2.55. The highest BCUT2D eigenvalue weighted by atomic mass is 16.5. The normalized spacial score (nSPS) is 18.8. The molecule has 0 radical (unpaired) electrons. The smallest absolute Gasteiger partial charge is 0.0622 e. The SMILES string of the molecule is COC(C)(C)CCC/C(C)=C/C=C/C(C)=C/C=C/C(C)=C/C=C/C=C(C)/C=C/C=C(C)/C=C/C1=C(C)CCCC1(C)C. The van der Waals surface area contributed by atoms with E-state index in [0.717, 1.165) is 19.3 Å². The average molecular weight is 569 g/mol. The zero-order valence-corrected chi connectivity index (χ0v) is 28.8. The maximum Gasteiger partial charge on any atom is 0.0622 e. The van der Waals surface area contributed by atoms with Crippen LogP contribution in [0.3, 0.4) is 0 Å². The Morgan fingerprint density at radius 1 is 0.738 bits per heavy atom. The molecule has 0 fully saturated rings. The molecule has 0 aliphatic heterocycles. The van der Waals surface area contributed by atoms with Gasteiger partial charge in [-0.05, 0) is 105 Å². The topological polar surface area (TPSA) is 9.23 Å². The second-order valence-electron chi connectivity index (χ2n) is 13.2. The molecule has 1 rings (SSSR count). The fraction of sp³-hybridized carbons (Fsp3) is 0.463. The number of rotatable bonds is 15. The van der Waals surface area contributed by atoms with Crippen molar-refractivity contribution in [2.45, 2.75) is 113 Å². The first-order chi connectivity index (χ1) is 19.8. The first-order valence-corrected chi connectivity index (χ1v) is 15.7. The van der Waals surface area contributed by atoms with Crippen LogP contribution >= 0.6 is 0 Å². The molecule has 0 unspecified atom stereocenters. The third-order valence-corrected chi connectivity index (χ3v) is 7.96. The van der Waals surface area contributed by atoms with Crippen molar-refractivity contribution in [3.63, 3.8) is 0 Å². The second kappa shape index (κ2) is 19.3. The van der Waals surface area contributed by atoms with Crippen LogP contribution < -0.4 is 0 Å². The zero-order chi connectivity index (χ0) is 31.6. The highest BCUT2D eigenvalue weighted by Crippen LogP contribution is 2.40. The van der Waals surface area contributed by atoms with Crippen LogP contribution in [0.25, 0.3) is 0 Å². The summed E-state index contributed by atoms with van der Waals surface area (Å²) in [5.74, 6) is 0. The number of hydrogen-bond donors (Lipinski definition) is 0. The largest absolute Gasteiger partial charge is 0.379 e. The van der Waals surface area contributed by atoms with Gasteiger partial charge in [0.2, 0.25) is 0 Å². The van der Waals surface area contributed by atoms with Crippen molar-refractivity contribution in [3.8, 4) is 0 Å². The van der Waals surface area contributed by atoms with Gasteiger partial charge in [0.05, 0.1) is 5.60 Å². The molecule has 0 bridgehead atoms. The molecule has 1 aliphatic carbocycles. The van der Waals surface area contributed by atoms with E-state index in [4.69, 9.17) is 4.74 Å². The first-order valence-electron chi connectivity index (χ1n) is 15.7. The molecule has 0 spiro atoms. The Labute approximate surface area is 260 Å². The summed E-state index contributed by atoms with van der Waals surface area (Å²) < 4.78 is 5.50. The summed E-state index contributed by atoms with van der Waals surface area (Å²) in [5, 5.41) is 0. The quantitative estimate of drug-likeness (QED) is 0.179. The van der Waals surface area contributed by atoms with Crippen LogP contribution in [0, 0.1) is 5.41 Å². The molecule has 1 aliphatic rings. The van der Waals surface area contributed by atoms with E-state index >= 15 is 0 Å². The Bertz CT molecular complexity index is 1190. The van der Waals surface area contributed by atoms with E-state index in [-0.39, 0.29) is 11.0 Å². The lowest BCUT2D eigenvalue weighted by molar-refractivity contribution is 0.0140. The fourth-order valence-electron chi connectivity index (χ4n) is 4.91. The number of ether oxygens (including phenoxy) is 1. The molecule has 0 atom stereocenters. The van der Waals surface area contributed by atoms with Crippen LogP contribution in [-0.4, -0.2) is 12.7 Å². The molecule has 0 heterocycles. The summed E-state index contributed by atoms with van der Waals surface area (Å²) in [6.07, 6.45) is 39.6. The summed E-state index contributed by atoms with van der Waals surface area (Å²) in [6.45, 7) is 22.1. The monoisotopic (exact) mass is 568 g/mol. The third-order valence-electron chi connectivity index (χ3n) is 7.96. The minimum Gasteiger partial charge on any atom is -0.379 e. The lowest BCUT2D eigenvalue weighted by Gasteiger charge is -2.32. The summed E-state index contributed by atoms with van der Waals surface area (Å²) in [7, 11) is 1.79. The van der Waals surface area contributed by atoms with Gasteiger partial charge in [-0.3, -0.25) is 0 Å². The number of hydrogen-bond acceptors (Lipinski definition) is 1.